The second-order valence-corrected chi connectivity index (χ2v) is 7.00. The van der Waals surface area contributed by atoms with Crippen LogP contribution in [0, 0.1) is 23.7 Å². The van der Waals surface area contributed by atoms with Gasteiger partial charge in [-0.15, -0.1) is 0 Å². The Labute approximate surface area is 109 Å². The average molecular weight is 297 g/mol. The summed E-state index contributed by atoms with van der Waals surface area (Å²) < 4.78 is 6.41. The summed E-state index contributed by atoms with van der Waals surface area (Å²) in [6, 6.07) is 0. The highest BCUT2D eigenvalue weighted by Crippen LogP contribution is 2.60. The van der Waals surface area contributed by atoms with E-state index in [1.54, 1.807) is 0 Å². The van der Waals surface area contributed by atoms with Gasteiger partial charge in [-0.3, -0.25) is 0 Å². The number of anilines is 1. The smallest absolute Gasteiger partial charge is 0.181 e. The van der Waals surface area contributed by atoms with E-state index in [0.29, 0.717) is 11.7 Å². The molecule has 0 atom stereocenters. The van der Waals surface area contributed by atoms with E-state index in [9.17, 15) is 0 Å². The second-order valence-electron chi connectivity index (χ2n) is 6.20. The fourth-order valence-corrected chi connectivity index (χ4v) is 5.27. The molecule has 4 fully saturated rings. The zero-order chi connectivity index (χ0) is 11.6. The molecule has 0 radical (unpaired) electrons. The van der Waals surface area contributed by atoms with E-state index in [1.165, 1.54) is 32.1 Å². The highest BCUT2D eigenvalue weighted by atomic mass is 79.9. The molecule has 1 heterocycles. The van der Waals surface area contributed by atoms with Gasteiger partial charge in [0.05, 0.1) is 0 Å². The Morgan fingerprint density at radius 3 is 2.12 bits per heavy atom. The molecule has 4 aliphatic carbocycles. The highest BCUT2D eigenvalue weighted by Gasteiger charge is 2.50. The van der Waals surface area contributed by atoms with Crippen LogP contribution in [-0.2, 0) is 0 Å². The van der Waals surface area contributed by atoms with Crippen LogP contribution in [0.15, 0.2) is 9.00 Å². The summed E-state index contributed by atoms with van der Waals surface area (Å²) in [6.45, 7) is 0. The van der Waals surface area contributed by atoms with Crippen molar-refractivity contribution in [3.05, 3.63) is 10.2 Å². The molecule has 92 valence electrons. The molecule has 4 aliphatic rings. The third kappa shape index (κ3) is 1.42. The lowest BCUT2D eigenvalue weighted by molar-refractivity contribution is -0.0116. The average Bonchev–Trinajstić information content (AvgIpc) is 2.60. The van der Waals surface area contributed by atoms with Crippen molar-refractivity contribution >= 4 is 21.7 Å². The van der Waals surface area contributed by atoms with Crippen molar-refractivity contribution in [3.63, 3.8) is 0 Å². The van der Waals surface area contributed by atoms with Gasteiger partial charge in [0.2, 0.25) is 0 Å². The van der Waals surface area contributed by atoms with Crippen LogP contribution in [0.3, 0.4) is 0 Å². The summed E-state index contributed by atoms with van der Waals surface area (Å²) in [6.07, 6.45) is 7.06. The molecule has 4 saturated carbocycles. The molecule has 0 spiro atoms. The zero-order valence-corrected chi connectivity index (χ0v) is 11.3. The maximum absolute atomic E-state index is 5.78. The Kier molecular flexibility index (Phi) is 2.14. The molecule has 17 heavy (non-hydrogen) atoms. The molecule has 4 bridgehead atoms. The minimum Gasteiger partial charge on any atom is -0.380 e. The van der Waals surface area contributed by atoms with Gasteiger partial charge in [0.25, 0.3) is 0 Å². The van der Waals surface area contributed by atoms with E-state index in [1.807, 2.05) is 0 Å². The van der Waals surface area contributed by atoms with Crippen molar-refractivity contribution in [2.45, 2.75) is 38.0 Å². The topological polar surface area (TPSA) is 52.0 Å². The number of hydrogen-bond donors (Lipinski definition) is 1. The standard InChI is InChI=1S/C13H17BrN2O/c14-11-12(17-16-13(11)15)10-8-2-6-1-7(4-8)5-9(10)3-6/h6-10H,1-5H2,(H2,15,16). The molecule has 0 aliphatic heterocycles. The number of rotatable bonds is 1. The Hall–Kier alpha value is -0.510. The highest BCUT2D eigenvalue weighted by molar-refractivity contribution is 9.10. The first-order valence-electron chi connectivity index (χ1n) is 6.63. The van der Waals surface area contributed by atoms with Gasteiger partial charge < -0.3 is 10.3 Å². The molecule has 5 rings (SSSR count). The molecule has 1 aromatic rings. The molecule has 0 aromatic carbocycles. The van der Waals surface area contributed by atoms with E-state index >= 15 is 0 Å². The van der Waals surface area contributed by atoms with Gasteiger partial charge >= 0.3 is 0 Å². The predicted molar refractivity (Wildman–Crippen MR) is 68.4 cm³/mol. The summed E-state index contributed by atoms with van der Waals surface area (Å²) in [5.41, 5.74) is 5.78. The fourth-order valence-electron chi connectivity index (χ4n) is 4.87. The second kappa shape index (κ2) is 3.50. The maximum Gasteiger partial charge on any atom is 0.181 e. The molecular weight excluding hydrogens is 280 g/mol. The van der Waals surface area contributed by atoms with Crippen LogP contribution in [-0.4, -0.2) is 5.16 Å². The number of aromatic nitrogens is 1. The van der Waals surface area contributed by atoms with E-state index in [-0.39, 0.29) is 0 Å². The SMILES string of the molecule is Nc1noc(C2C3CC4CC(C3)CC2C4)c1Br. The lowest BCUT2D eigenvalue weighted by atomic mass is 9.51. The van der Waals surface area contributed by atoms with E-state index < -0.39 is 0 Å². The Morgan fingerprint density at radius 1 is 1.06 bits per heavy atom. The van der Waals surface area contributed by atoms with Gasteiger partial charge in [-0.25, -0.2) is 0 Å². The van der Waals surface area contributed by atoms with Crippen molar-refractivity contribution in [1.29, 1.82) is 0 Å². The van der Waals surface area contributed by atoms with Gasteiger partial charge in [-0.2, -0.15) is 0 Å². The number of nitrogens with two attached hydrogens (primary N) is 1. The lowest BCUT2D eigenvalue weighted by Gasteiger charge is -2.53. The normalized spacial score (nSPS) is 43.2. The van der Waals surface area contributed by atoms with Gasteiger partial charge in [0.1, 0.15) is 4.47 Å². The Morgan fingerprint density at radius 2 is 1.65 bits per heavy atom. The minimum absolute atomic E-state index is 0.508. The molecule has 0 amide bonds. The van der Waals surface area contributed by atoms with Crippen LogP contribution in [0.1, 0.15) is 43.8 Å². The van der Waals surface area contributed by atoms with E-state index in [0.717, 1.165) is 33.9 Å². The van der Waals surface area contributed by atoms with Crippen LogP contribution in [0.4, 0.5) is 5.82 Å². The summed E-state index contributed by atoms with van der Waals surface area (Å²) >= 11 is 3.54. The molecule has 3 nitrogen and oxygen atoms in total. The number of nitrogens with zero attached hydrogens (tertiary/aromatic N) is 1. The van der Waals surface area contributed by atoms with Crippen LogP contribution in [0.5, 0.6) is 0 Å². The third-order valence-electron chi connectivity index (χ3n) is 5.21. The summed E-state index contributed by atoms with van der Waals surface area (Å²) in [5, 5.41) is 3.90. The minimum atomic E-state index is 0.508. The van der Waals surface area contributed by atoms with Crippen molar-refractivity contribution in [2.24, 2.45) is 23.7 Å². The van der Waals surface area contributed by atoms with Crippen molar-refractivity contribution in [1.82, 2.24) is 5.16 Å². The monoisotopic (exact) mass is 296 g/mol. The number of halogens is 1. The summed E-state index contributed by atoms with van der Waals surface area (Å²) in [4.78, 5) is 0. The molecule has 0 saturated heterocycles. The molecular formula is C13H17BrN2O. The number of nitrogen functional groups attached to an aromatic ring is 1. The van der Waals surface area contributed by atoms with Crippen LogP contribution in [0.2, 0.25) is 0 Å². The van der Waals surface area contributed by atoms with Gasteiger partial charge in [-0.1, -0.05) is 5.16 Å². The lowest BCUT2D eigenvalue weighted by Crippen LogP contribution is -2.43. The van der Waals surface area contributed by atoms with Crippen molar-refractivity contribution in [3.8, 4) is 0 Å². The maximum atomic E-state index is 5.78. The number of hydrogen-bond acceptors (Lipinski definition) is 3. The van der Waals surface area contributed by atoms with Crippen LogP contribution in [0.25, 0.3) is 0 Å². The quantitative estimate of drug-likeness (QED) is 0.862. The Balaban J connectivity index is 1.73. The third-order valence-corrected chi connectivity index (χ3v) is 6.01. The van der Waals surface area contributed by atoms with Gasteiger partial charge in [0.15, 0.2) is 11.6 Å². The van der Waals surface area contributed by atoms with E-state index in [4.69, 9.17) is 10.3 Å². The van der Waals surface area contributed by atoms with Gasteiger partial charge in [0, 0.05) is 5.92 Å². The predicted octanol–water partition coefficient (Wildman–Crippen LogP) is 3.56. The summed E-state index contributed by atoms with van der Waals surface area (Å²) in [7, 11) is 0. The zero-order valence-electron chi connectivity index (χ0n) is 9.73. The van der Waals surface area contributed by atoms with Crippen LogP contribution >= 0.6 is 15.9 Å². The molecule has 0 unspecified atom stereocenters. The Bertz CT molecular complexity index is 428. The van der Waals surface area contributed by atoms with Crippen LogP contribution < -0.4 is 5.73 Å². The van der Waals surface area contributed by atoms with Crippen molar-refractivity contribution in [2.75, 3.05) is 5.73 Å². The van der Waals surface area contributed by atoms with Crippen molar-refractivity contribution < 1.29 is 4.52 Å². The van der Waals surface area contributed by atoms with Gasteiger partial charge in [-0.05, 0) is 71.7 Å². The first kappa shape index (κ1) is 10.4. The first-order valence-corrected chi connectivity index (χ1v) is 7.42. The van der Waals surface area contributed by atoms with E-state index in [2.05, 4.69) is 21.1 Å². The fraction of sp³-hybridized carbons (Fsp3) is 0.769. The molecule has 1 aromatic heterocycles. The first-order chi connectivity index (χ1) is 8.22. The molecule has 4 heteroatoms. The molecule has 2 N–H and O–H groups in total. The summed E-state index contributed by atoms with van der Waals surface area (Å²) in [5.74, 6) is 5.72. The largest absolute Gasteiger partial charge is 0.380 e.